The number of allylic oxidation sites excluding steroid dienone is 4. The van der Waals surface area contributed by atoms with Crippen molar-refractivity contribution in [3.8, 4) is 0 Å². The van der Waals surface area contributed by atoms with E-state index in [1.165, 1.54) is 0 Å². The standard InChI is InChI=1S/C9H11BrO/c1-7(10)9(11)8-5-3-2-4-6-8/h2-5,7-8H,6H2,1H3. The van der Waals surface area contributed by atoms with Crippen molar-refractivity contribution < 1.29 is 4.79 Å². The molecule has 0 N–H and O–H groups in total. The van der Waals surface area contributed by atoms with Gasteiger partial charge in [0.15, 0.2) is 5.78 Å². The van der Waals surface area contributed by atoms with Gasteiger partial charge in [-0.3, -0.25) is 4.79 Å². The largest absolute Gasteiger partial charge is 0.298 e. The second-order valence-corrected chi connectivity index (χ2v) is 4.05. The normalized spacial score (nSPS) is 25.1. The number of carbonyl (C=O) groups is 1. The molecular formula is C9H11BrO. The Labute approximate surface area is 75.3 Å². The van der Waals surface area contributed by atoms with E-state index in [2.05, 4.69) is 15.9 Å². The first-order chi connectivity index (χ1) is 5.22. The van der Waals surface area contributed by atoms with Crippen LogP contribution in [0.3, 0.4) is 0 Å². The molecule has 1 rings (SSSR count). The van der Waals surface area contributed by atoms with Gasteiger partial charge in [0.1, 0.15) is 0 Å². The molecule has 2 unspecified atom stereocenters. The van der Waals surface area contributed by atoms with E-state index in [0.717, 1.165) is 6.42 Å². The van der Waals surface area contributed by atoms with Gasteiger partial charge in [-0.2, -0.15) is 0 Å². The minimum atomic E-state index is -0.0244. The van der Waals surface area contributed by atoms with Crippen molar-refractivity contribution in [1.29, 1.82) is 0 Å². The summed E-state index contributed by atoms with van der Waals surface area (Å²) in [5.41, 5.74) is 0. The maximum Gasteiger partial charge on any atom is 0.153 e. The lowest BCUT2D eigenvalue weighted by molar-refractivity contribution is -0.120. The molecule has 0 aromatic rings. The van der Waals surface area contributed by atoms with Crippen molar-refractivity contribution in [3.63, 3.8) is 0 Å². The van der Waals surface area contributed by atoms with Gasteiger partial charge in [-0.05, 0) is 13.3 Å². The Balaban J connectivity index is 2.55. The zero-order valence-corrected chi connectivity index (χ0v) is 8.04. The zero-order chi connectivity index (χ0) is 8.27. The Kier molecular flexibility index (Phi) is 3.06. The molecule has 0 amide bonds. The molecule has 0 fully saturated rings. The van der Waals surface area contributed by atoms with Crippen molar-refractivity contribution >= 4 is 21.7 Å². The number of hydrogen-bond donors (Lipinski definition) is 0. The fourth-order valence-electron chi connectivity index (χ4n) is 1.09. The molecule has 0 saturated heterocycles. The molecule has 0 heterocycles. The van der Waals surface area contributed by atoms with E-state index in [0.29, 0.717) is 0 Å². The van der Waals surface area contributed by atoms with Gasteiger partial charge in [0.05, 0.1) is 4.83 Å². The number of ketones is 1. The summed E-state index contributed by atoms with van der Waals surface area (Å²) in [6.07, 6.45) is 8.74. The average Bonchev–Trinajstić information content (AvgIpc) is 2.05. The maximum absolute atomic E-state index is 11.4. The molecule has 1 aliphatic carbocycles. The molecule has 1 aliphatic rings. The highest BCUT2D eigenvalue weighted by molar-refractivity contribution is 9.10. The summed E-state index contributed by atoms with van der Waals surface area (Å²) in [5.74, 6) is 0.361. The molecule has 0 bridgehead atoms. The number of alkyl halides is 1. The van der Waals surface area contributed by atoms with Gasteiger partial charge in [0, 0.05) is 5.92 Å². The Morgan fingerprint density at radius 3 is 2.82 bits per heavy atom. The first-order valence-corrected chi connectivity index (χ1v) is 4.64. The Morgan fingerprint density at radius 2 is 2.36 bits per heavy atom. The third-order valence-corrected chi connectivity index (χ3v) is 2.19. The first-order valence-electron chi connectivity index (χ1n) is 3.73. The molecule has 0 spiro atoms. The van der Waals surface area contributed by atoms with Crippen molar-refractivity contribution in [2.75, 3.05) is 0 Å². The summed E-state index contributed by atoms with van der Waals surface area (Å²) in [7, 11) is 0. The SMILES string of the molecule is CC(Br)C(=O)C1C=CC=CC1. The van der Waals surface area contributed by atoms with Crippen LogP contribution in [0.5, 0.6) is 0 Å². The number of Topliss-reactive ketones (excluding diaryl/α,β-unsaturated/α-hetero) is 1. The van der Waals surface area contributed by atoms with E-state index < -0.39 is 0 Å². The van der Waals surface area contributed by atoms with Crippen LogP contribution in [-0.4, -0.2) is 10.6 Å². The smallest absolute Gasteiger partial charge is 0.153 e. The van der Waals surface area contributed by atoms with Crippen molar-refractivity contribution in [2.45, 2.75) is 18.2 Å². The molecule has 2 atom stereocenters. The highest BCUT2D eigenvalue weighted by Crippen LogP contribution is 2.17. The lowest BCUT2D eigenvalue weighted by Gasteiger charge is -2.12. The second kappa shape index (κ2) is 3.86. The highest BCUT2D eigenvalue weighted by Gasteiger charge is 2.18. The van der Waals surface area contributed by atoms with Crippen LogP contribution in [-0.2, 0) is 4.79 Å². The fraction of sp³-hybridized carbons (Fsp3) is 0.444. The van der Waals surface area contributed by atoms with Crippen molar-refractivity contribution in [3.05, 3.63) is 24.3 Å². The van der Waals surface area contributed by atoms with Crippen LogP contribution in [0.2, 0.25) is 0 Å². The van der Waals surface area contributed by atoms with Crippen LogP contribution in [0.4, 0.5) is 0 Å². The van der Waals surface area contributed by atoms with E-state index in [4.69, 9.17) is 0 Å². The van der Waals surface area contributed by atoms with Crippen molar-refractivity contribution in [2.24, 2.45) is 5.92 Å². The van der Waals surface area contributed by atoms with Gasteiger partial charge in [0.25, 0.3) is 0 Å². The predicted octanol–water partition coefficient (Wildman–Crippen LogP) is 2.47. The average molecular weight is 215 g/mol. The second-order valence-electron chi connectivity index (χ2n) is 2.67. The molecule has 0 aromatic heterocycles. The van der Waals surface area contributed by atoms with E-state index >= 15 is 0 Å². The molecule has 2 heteroatoms. The minimum absolute atomic E-state index is 0.0244. The Morgan fingerprint density at radius 1 is 1.64 bits per heavy atom. The Bertz CT molecular complexity index is 204. The molecular weight excluding hydrogens is 204 g/mol. The zero-order valence-electron chi connectivity index (χ0n) is 6.46. The highest BCUT2D eigenvalue weighted by atomic mass is 79.9. The third-order valence-electron chi connectivity index (χ3n) is 1.74. The molecule has 0 aliphatic heterocycles. The van der Waals surface area contributed by atoms with Crippen molar-refractivity contribution in [1.82, 2.24) is 0 Å². The van der Waals surface area contributed by atoms with Crippen LogP contribution >= 0.6 is 15.9 Å². The van der Waals surface area contributed by atoms with Gasteiger partial charge in [0.2, 0.25) is 0 Å². The predicted molar refractivity (Wildman–Crippen MR) is 49.8 cm³/mol. The van der Waals surface area contributed by atoms with Crippen LogP contribution in [0.15, 0.2) is 24.3 Å². The number of halogens is 1. The molecule has 0 radical (unpaired) electrons. The molecule has 1 nitrogen and oxygen atoms in total. The van der Waals surface area contributed by atoms with Gasteiger partial charge < -0.3 is 0 Å². The minimum Gasteiger partial charge on any atom is -0.298 e. The quantitative estimate of drug-likeness (QED) is 0.646. The summed E-state index contributed by atoms with van der Waals surface area (Å²) in [5, 5.41) is 0. The number of rotatable bonds is 2. The van der Waals surface area contributed by atoms with E-state index in [1.54, 1.807) is 0 Å². The van der Waals surface area contributed by atoms with Gasteiger partial charge in [-0.1, -0.05) is 40.2 Å². The maximum atomic E-state index is 11.4. The summed E-state index contributed by atoms with van der Waals surface area (Å²) < 4.78 is 0. The van der Waals surface area contributed by atoms with E-state index in [1.807, 2.05) is 31.2 Å². The van der Waals surface area contributed by atoms with Crippen LogP contribution < -0.4 is 0 Å². The van der Waals surface area contributed by atoms with Crippen LogP contribution in [0.25, 0.3) is 0 Å². The van der Waals surface area contributed by atoms with Crippen LogP contribution in [0, 0.1) is 5.92 Å². The molecule has 11 heavy (non-hydrogen) atoms. The number of hydrogen-bond acceptors (Lipinski definition) is 1. The van der Waals surface area contributed by atoms with E-state index in [-0.39, 0.29) is 16.5 Å². The molecule has 0 aromatic carbocycles. The van der Waals surface area contributed by atoms with Gasteiger partial charge in [-0.25, -0.2) is 0 Å². The Hall–Kier alpha value is -0.370. The molecule has 0 saturated carbocycles. The summed E-state index contributed by atoms with van der Waals surface area (Å²) in [6.45, 7) is 1.87. The monoisotopic (exact) mass is 214 g/mol. The molecule has 60 valence electrons. The number of carbonyl (C=O) groups excluding carboxylic acids is 1. The lowest BCUT2D eigenvalue weighted by atomic mass is 9.95. The van der Waals surface area contributed by atoms with Gasteiger partial charge in [-0.15, -0.1) is 0 Å². The first kappa shape index (κ1) is 8.72. The van der Waals surface area contributed by atoms with E-state index in [9.17, 15) is 4.79 Å². The topological polar surface area (TPSA) is 17.1 Å². The summed E-state index contributed by atoms with van der Waals surface area (Å²) in [4.78, 5) is 11.3. The fourth-order valence-corrected chi connectivity index (χ4v) is 1.43. The summed E-state index contributed by atoms with van der Waals surface area (Å²) >= 11 is 3.27. The van der Waals surface area contributed by atoms with Gasteiger partial charge >= 0.3 is 0 Å². The third kappa shape index (κ3) is 2.29. The summed E-state index contributed by atoms with van der Waals surface area (Å²) in [6, 6.07) is 0. The lowest BCUT2D eigenvalue weighted by Crippen LogP contribution is -2.20. The van der Waals surface area contributed by atoms with Crippen LogP contribution in [0.1, 0.15) is 13.3 Å².